The Morgan fingerprint density at radius 1 is 1.38 bits per heavy atom. The van der Waals surface area contributed by atoms with Crippen molar-refractivity contribution in [2.24, 2.45) is 0 Å². The normalized spacial score (nSPS) is 16.1. The number of amides is 1. The first-order valence-electron chi connectivity index (χ1n) is 5.91. The fourth-order valence-corrected chi connectivity index (χ4v) is 1.69. The second-order valence-electron chi connectivity index (χ2n) is 3.99. The quantitative estimate of drug-likeness (QED) is 0.633. The van der Waals surface area contributed by atoms with Crippen molar-refractivity contribution < 1.29 is 24.2 Å². The molecule has 0 atom stereocenters. The van der Waals surface area contributed by atoms with Crippen molar-refractivity contribution in [1.29, 1.82) is 0 Å². The van der Waals surface area contributed by atoms with Crippen molar-refractivity contribution >= 4 is 35.3 Å². The molecular formula is C14H11NO5S. The van der Waals surface area contributed by atoms with Gasteiger partial charge in [0, 0.05) is 0 Å². The maximum Gasteiger partial charge on any atom is 0.341 e. The Morgan fingerprint density at radius 2 is 2.10 bits per heavy atom. The maximum absolute atomic E-state index is 11.3. The van der Waals surface area contributed by atoms with E-state index in [4.69, 9.17) is 26.8 Å². The number of rotatable bonds is 5. The second kappa shape index (κ2) is 6.67. The standard InChI is InChI=1S/C14H11NO5S/c16-12(17)8-19-10-6-4-9(5-7-10)2-1-3-11-13(18)15-14(21)20-11/h1-7H,8H2,(H,16,17)(H,15,18,21)/b2-1+,11-3-. The first-order chi connectivity index (χ1) is 10.0. The van der Waals surface area contributed by atoms with E-state index < -0.39 is 5.97 Å². The van der Waals surface area contributed by atoms with Gasteiger partial charge in [-0.3, -0.25) is 10.1 Å². The molecule has 1 aliphatic heterocycles. The summed E-state index contributed by atoms with van der Waals surface area (Å²) in [6.45, 7) is -0.381. The van der Waals surface area contributed by atoms with Crippen LogP contribution in [0.1, 0.15) is 5.56 Å². The van der Waals surface area contributed by atoms with Crippen molar-refractivity contribution in [3.8, 4) is 5.75 Å². The summed E-state index contributed by atoms with van der Waals surface area (Å²) in [5.41, 5.74) is 0.857. The number of nitrogens with one attached hydrogen (secondary N) is 1. The molecule has 21 heavy (non-hydrogen) atoms. The summed E-state index contributed by atoms with van der Waals surface area (Å²) < 4.78 is 10.0. The molecule has 0 spiro atoms. The Labute approximate surface area is 125 Å². The van der Waals surface area contributed by atoms with Crippen LogP contribution in [-0.4, -0.2) is 28.8 Å². The Balaban J connectivity index is 1.95. The van der Waals surface area contributed by atoms with Gasteiger partial charge in [0.25, 0.3) is 11.1 Å². The van der Waals surface area contributed by atoms with E-state index in [-0.39, 0.29) is 23.4 Å². The number of thiocarbonyl (C=S) groups is 1. The number of carboxylic acids is 1. The smallest absolute Gasteiger partial charge is 0.341 e. The fourth-order valence-electron chi connectivity index (χ4n) is 1.50. The van der Waals surface area contributed by atoms with E-state index >= 15 is 0 Å². The zero-order valence-electron chi connectivity index (χ0n) is 10.7. The molecule has 0 bridgehead atoms. The maximum atomic E-state index is 11.3. The average molecular weight is 305 g/mol. The minimum absolute atomic E-state index is 0.0413. The Kier molecular flexibility index (Phi) is 4.68. The van der Waals surface area contributed by atoms with Gasteiger partial charge in [0.1, 0.15) is 5.75 Å². The molecule has 6 nitrogen and oxygen atoms in total. The molecule has 1 aromatic carbocycles. The van der Waals surface area contributed by atoms with E-state index in [0.29, 0.717) is 5.75 Å². The lowest BCUT2D eigenvalue weighted by Gasteiger charge is -2.02. The van der Waals surface area contributed by atoms with E-state index in [1.807, 2.05) is 0 Å². The number of carbonyl (C=O) groups is 2. The highest BCUT2D eigenvalue weighted by Crippen LogP contribution is 2.14. The van der Waals surface area contributed by atoms with Gasteiger partial charge < -0.3 is 14.6 Å². The topological polar surface area (TPSA) is 84.9 Å². The molecule has 0 aromatic heterocycles. The summed E-state index contributed by atoms with van der Waals surface area (Å²) >= 11 is 4.70. The number of allylic oxidation sites excluding steroid dienone is 2. The predicted octanol–water partition coefficient (Wildman–Crippen LogP) is 1.48. The zero-order chi connectivity index (χ0) is 15.2. The predicted molar refractivity (Wildman–Crippen MR) is 78.5 cm³/mol. The van der Waals surface area contributed by atoms with Gasteiger partial charge >= 0.3 is 5.97 Å². The number of benzene rings is 1. The number of ether oxygens (including phenoxy) is 2. The lowest BCUT2D eigenvalue weighted by Crippen LogP contribution is -2.18. The van der Waals surface area contributed by atoms with Crippen LogP contribution in [0.25, 0.3) is 6.08 Å². The van der Waals surface area contributed by atoms with Crippen molar-refractivity contribution in [2.45, 2.75) is 0 Å². The summed E-state index contributed by atoms with van der Waals surface area (Å²) in [5.74, 6) is -0.796. The van der Waals surface area contributed by atoms with Crippen LogP contribution in [0.15, 0.2) is 42.2 Å². The van der Waals surface area contributed by atoms with Gasteiger partial charge in [-0.15, -0.1) is 0 Å². The number of carbonyl (C=O) groups excluding carboxylic acids is 1. The van der Waals surface area contributed by atoms with Crippen molar-refractivity contribution in [3.63, 3.8) is 0 Å². The molecule has 0 radical (unpaired) electrons. The molecule has 1 aromatic rings. The molecule has 1 heterocycles. The lowest BCUT2D eigenvalue weighted by atomic mass is 10.2. The van der Waals surface area contributed by atoms with Crippen LogP contribution in [0, 0.1) is 0 Å². The van der Waals surface area contributed by atoms with E-state index in [0.717, 1.165) is 5.56 Å². The van der Waals surface area contributed by atoms with Crippen LogP contribution in [0.3, 0.4) is 0 Å². The molecule has 1 fully saturated rings. The van der Waals surface area contributed by atoms with Gasteiger partial charge in [-0.2, -0.15) is 0 Å². The highest BCUT2D eigenvalue weighted by Gasteiger charge is 2.21. The fraction of sp³-hybridized carbons (Fsp3) is 0.0714. The molecular weight excluding hydrogens is 294 g/mol. The summed E-state index contributed by atoms with van der Waals surface area (Å²) in [6, 6.07) is 6.83. The molecule has 108 valence electrons. The van der Waals surface area contributed by atoms with Crippen LogP contribution in [0.5, 0.6) is 5.75 Å². The Morgan fingerprint density at radius 3 is 2.67 bits per heavy atom. The van der Waals surface area contributed by atoms with Crippen molar-refractivity contribution in [2.75, 3.05) is 6.61 Å². The SMILES string of the molecule is O=C(O)COc1ccc(/C=C/C=C2\OC(=S)NC2=O)cc1. The third kappa shape index (κ3) is 4.43. The third-order valence-corrected chi connectivity index (χ3v) is 2.61. The lowest BCUT2D eigenvalue weighted by molar-refractivity contribution is -0.139. The largest absolute Gasteiger partial charge is 0.482 e. The highest BCUT2D eigenvalue weighted by atomic mass is 32.1. The van der Waals surface area contributed by atoms with Crippen LogP contribution in [-0.2, 0) is 14.3 Å². The van der Waals surface area contributed by atoms with Crippen LogP contribution in [0.4, 0.5) is 0 Å². The van der Waals surface area contributed by atoms with E-state index in [1.165, 1.54) is 6.08 Å². The van der Waals surface area contributed by atoms with Gasteiger partial charge in [0.15, 0.2) is 12.4 Å². The van der Waals surface area contributed by atoms with Crippen LogP contribution < -0.4 is 10.1 Å². The summed E-state index contributed by atoms with van der Waals surface area (Å²) in [5, 5.41) is 10.9. The van der Waals surface area contributed by atoms with Gasteiger partial charge in [0.05, 0.1) is 0 Å². The molecule has 0 unspecified atom stereocenters. The molecule has 1 saturated heterocycles. The third-order valence-electron chi connectivity index (χ3n) is 2.42. The van der Waals surface area contributed by atoms with Crippen LogP contribution >= 0.6 is 12.2 Å². The zero-order valence-corrected chi connectivity index (χ0v) is 11.6. The van der Waals surface area contributed by atoms with Gasteiger partial charge in [-0.25, -0.2) is 4.79 Å². The first-order valence-corrected chi connectivity index (χ1v) is 6.31. The molecule has 0 saturated carbocycles. The number of carboxylic acid groups (broad SMARTS) is 1. The number of hydrogen-bond donors (Lipinski definition) is 2. The van der Waals surface area contributed by atoms with Gasteiger partial charge in [-0.1, -0.05) is 24.3 Å². The minimum Gasteiger partial charge on any atom is -0.482 e. The second-order valence-corrected chi connectivity index (χ2v) is 4.36. The molecule has 7 heteroatoms. The summed E-state index contributed by atoms with van der Waals surface area (Å²) in [4.78, 5) is 21.7. The highest BCUT2D eigenvalue weighted by molar-refractivity contribution is 7.80. The minimum atomic E-state index is -1.03. The van der Waals surface area contributed by atoms with Crippen molar-refractivity contribution in [3.05, 3.63) is 47.7 Å². The number of hydrogen-bond acceptors (Lipinski definition) is 5. The van der Waals surface area contributed by atoms with Gasteiger partial charge in [0.2, 0.25) is 0 Å². The van der Waals surface area contributed by atoms with E-state index in [2.05, 4.69) is 5.32 Å². The van der Waals surface area contributed by atoms with E-state index in [9.17, 15) is 9.59 Å². The number of aliphatic carboxylic acids is 1. The Hall–Kier alpha value is -2.67. The molecule has 1 aliphatic rings. The van der Waals surface area contributed by atoms with Gasteiger partial charge in [-0.05, 0) is 36.0 Å². The molecule has 0 aliphatic carbocycles. The molecule has 2 N–H and O–H groups in total. The summed E-state index contributed by atoms with van der Waals surface area (Å²) in [7, 11) is 0. The first kappa shape index (κ1) is 14.7. The summed E-state index contributed by atoms with van der Waals surface area (Å²) in [6.07, 6.45) is 4.91. The van der Waals surface area contributed by atoms with Crippen LogP contribution in [0.2, 0.25) is 0 Å². The average Bonchev–Trinajstić information content (AvgIpc) is 2.76. The van der Waals surface area contributed by atoms with Crippen molar-refractivity contribution in [1.82, 2.24) is 5.32 Å². The molecule has 1 amide bonds. The monoisotopic (exact) mass is 305 g/mol. The van der Waals surface area contributed by atoms with E-state index in [1.54, 1.807) is 36.4 Å². The Bertz CT molecular complexity index is 633. The molecule has 2 rings (SSSR count).